The Bertz CT molecular complexity index is 203. The summed E-state index contributed by atoms with van der Waals surface area (Å²) in [5.74, 6) is 0. The molecule has 0 aliphatic carbocycles. The highest BCUT2D eigenvalue weighted by molar-refractivity contribution is 5.46. The molecule has 0 bridgehead atoms. The summed E-state index contributed by atoms with van der Waals surface area (Å²) in [6, 6.07) is -0.0127. The van der Waals surface area contributed by atoms with Crippen molar-refractivity contribution >= 4 is 6.41 Å². The molecule has 2 heterocycles. The number of hydrogen-bond donors (Lipinski definition) is 4. The minimum absolute atomic E-state index is 0.0127. The van der Waals surface area contributed by atoms with E-state index in [0.29, 0.717) is 26.0 Å². The predicted molar refractivity (Wildman–Crippen MR) is 100 cm³/mol. The van der Waals surface area contributed by atoms with Crippen molar-refractivity contribution < 1.29 is 24.9 Å². The number of amides is 1. The number of likely N-dealkylation sites (tertiary alicyclic amines) is 1. The van der Waals surface area contributed by atoms with Gasteiger partial charge in [-0.15, -0.1) is 0 Å². The summed E-state index contributed by atoms with van der Waals surface area (Å²) in [6.45, 7) is 11.5. The second-order valence-electron chi connectivity index (χ2n) is 4.42. The number of nitrogens with zero attached hydrogens (tertiary/aromatic N) is 1. The predicted octanol–water partition coefficient (Wildman–Crippen LogP) is 0.864. The number of aliphatic hydroxyl groups excluding tert-OH is 3. The fourth-order valence-corrected chi connectivity index (χ4v) is 1.90. The lowest BCUT2D eigenvalue weighted by molar-refractivity contribution is -0.111. The van der Waals surface area contributed by atoms with E-state index in [1.54, 1.807) is 0 Å². The lowest BCUT2D eigenvalue weighted by Crippen LogP contribution is -2.41. The van der Waals surface area contributed by atoms with Crippen LogP contribution in [0.1, 0.15) is 47.0 Å². The summed E-state index contributed by atoms with van der Waals surface area (Å²) < 4.78 is 4.98. The smallest absolute Gasteiger partial charge is 0.207 e. The number of rotatable bonds is 2. The largest absolute Gasteiger partial charge is 0.400 e. The molecule has 0 radical (unpaired) electrons. The number of carbonyl (C=O) groups excluding carboxylic acids is 1. The Labute approximate surface area is 149 Å². The maximum absolute atomic E-state index is 9.93. The first-order valence-corrected chi connectivity index (χ1v) is 8.76. The topological polar surface area (TPSA) is 102 Å². The normalized spacial score (nSPS) is 21.2. The molecular formula is C17H42N2O5. The van der Waals surface area contributed by atoms with Crippen LogP contribution in [0.4, 0.5) is 0 Å². The number of ether oxygens (including phenoxy) is 1. The van der Waals surface area contributed by atoms with Crippen molar-refractivity contribution in [2.75, 3.05) is 47.6 Å². The highest BCUT2D eigenvalue weighted by Gasteiger charge is 2.19. The fraction of sp³-hybridized carbons (Fsp3) is 0.941. The Morgan fingerprint density at radius 3 is 1.75 bits per heavy atom. The van der Waals surface area contributed by atoms with Gasteiger partial charge >= 0.3 is 0 Å². The van der Waals surface area contributed by atoms with Gasteiger partial charge in [-0.25, -0.2) is 0 Å². The molecule has 4 N–H and O–H groups in total. The van der Waals surface area contributed by atoms with Gasteiger partial charge in [0, 0.05) is 14.2 Å². The van der Waals surface area contributed by atoms with Crippen molar-refractivity contribution in [2.45, 2.75) is 59.1 Å². The van der Waals surface area contributed by atoms with Crippen LogP contribution < -0.4 is 5.32 Å². The van der Waals surface area contributed by atoms with Crippen molar-refractivity contribution in [1.29, 1.82) is 0 Å². The first-order chi connectivity index (χ1) is 11.7. The monoisotopic (exact) mass is 354 g/mol. The summed E-state index contributed by atoms with van der Waals surface area (Å²) in [6.07, 6.45) is 3.63. The number of aliphatic hydroxyl groups is 3. The van der Waals surface area contributed by atoms with E-state index in [1.807, 2.05) is 27.7 Å². The maximum atomic E-state index is 9.93. The van der Waals surface area contributed by atoms with Crippen molar-refractivity contribution in [1.82, 2.24) is 10.2 Å². The molecule has 2 rings (SSSR count). The molecule has 2 aliphatic rings. The third-order valence-corrected chi connectivity index (χ3v) is 2.82. The van der Waals surface area contributed by atoms with Gasteiger partial charge in [-0.3, -0.25) is 4.79 Å². The van der Waals surface area contributed by atoms with Gasteiger partial charge in [0.25, 0.3) is 0 Å². The molecule has 2 fully saturated rings. The number of hydrogen-bond acceptors (Lipinski definition) is 6. The first-order valence-electron chi connectivity index (χ1n) is 8.76. The molecule has 0 spiro atoms. The number of nitrogens with one attached hydrogen (secondary N) is 1. The minimum Gasteiger partial charge on any atom is -0.400 e. The zero-order valence-corrected chi connectivity index (χ0v) is 16.8. The molecule has 1 amide bonds. The molecule has 2 unspecified atom stereocenters. The molecule has 0 saturated carbocycles. The molecule has 150 valence electrons. The zero-order chi connectivity index (χ0) is 19.8. The number of carbonyl (C=O) groups is 1. The average Bonchev–Trinajstić information content (AvgIpc) is 3.14. The van der Waals surface area contributed by atoms with Crippen molar-refractivity contribution in [3.8, 4) is 0 Å². The Balaban J connectivity index is -0.000000123. The van der Waals surface area contributed by atoms with Gasteiger partial charge in [0.1, 0.15) is 0 Å². The van der Waals surface area contributed by atoms with E-state index in [-0.39, 0.29) is 6.04 Å². The summed E-state index contributed by atoms with van der Waals surface area (Å²) >= 11 is 0. The van der Waals surface area contributed by atoms with Crippen LogP contribution >= 0.6 is 0 Å². The second kappa shape index (κ2) is 30.2. The van der Waals surface area contributed by atoms with Crippen LogP contribution in [0.2, 0.25) is 0 Å². The summed E-state index contributed by atoms with van der Waals surface area (Å²) in [7, 11) is 4.17. The van der Waals surface area contributed by atoms with Gasteiger partial charge in [-0.2, -0.15) is 0 Å². The molecule has 7 heteroatoms. The fourth-order valence-electron chi connectivity index (χ4n) is 1.90. The highest BCUT2D eigenvalue weighted by Crippen LogP contribution is 2.05. The Kier molecular flexibility index (Phi) is 39.1. The molecular weight excluding hydrogens is 312 g/mol. The molecule has 2 atom stereocenters. The standard InChI is InChI=1S/C6H11NO3.C5H11N.2C2H6.2CH4O/c8-4-7-5-1-6(9)3-10-2-5;1-6-4-2-3-5-6;4*1-2/h4-6,9H,1-3H2,(H,7,8);2-5H2,1H3;2*1-2H3;2*2H,1H3. The van der Waals surface area contributed by atoms with E-state index in [1.165, 1.54) is 25.9 Å². The maximum Gasteiger partial charge on any atom is 0.207 e. The second-order valence-corrected chi connectivity index (χ2v) is 4.42. The lowest BCUT2D eigenvalue weighted by atomic mass is 10.1. The third-order valence-electron chi connectivity index (χ3n) is 2.82. The average molecular weight is 355 g/mol. The van der Waals surface area contributed by atoms with E-state index < -0.39 is 6.10 Å². The van der Waals surface area contributed by atoms with E-state index in [2.05, 4.69) is 17.3 Å². The molecule has 2 aliphatic heterocycles. The van der Waals surface area contributed by atoms with Gasteiger partial charge < -0.3 is 30.3 Å². The first kappa shape index (κ1) is 31.1. The molecule has 0 aromatic heterocycles. The van der Waals surface area contributed by atoms with Crippen LogP contribution in [0.15, 0.2) is 0 Å². The minimum atomic E-state index is -0.425. The van der Waals surface area contributed by atoms with Gasteiger partial charge in [-0.05, 0) is 39.4 Å². The Morgan fingerprint density at radius 2 is 1.46 bits per heavy atom. The zero-order valence-electron chi connectivity index (χ0n) is 16.8. The van der Waals surface area contributed by atoms with Crippen LogP contribution in [0.3, 0.4) is 0 Å². The quantitative estimate of drug-likeness (QED) is 0.549. The van der Waals surface area contributed by atoms with Crippen LogP contribution in [-0.4, -0.2) is 86.3 Å². The van der Waals surface area contributed by atoms with Crippen LogP contribution in [-0.2, 0) is 9.53 Å². The van der Waals surface area contributed by atoms with Crippen LogP contribution in [0.25, 0.3) is 0 Å². The Hall–Kier alpha value is -0.730. The van der Waals surface area contributed by atoms with Gasteiger partial charge in [0.05, 0.1) is 25.4 Å². The summed E-state index contributed by atoms with van der Waals surface area (Å²) in [5.41, 5.74) is 0. The van der Waals surface area contributed by atoms with Crippen molar-refractivity contribution in [3.05, 3.63) is 0 Å². The van der Waals surface area contributed by atoms with Gasteiger partial charge in [-0.1, -0.05) is 27.7 Å². The van der Waals surface area contributed by atoms with E-state index in [4.69, 9.17) is 20.1 Å². The third kappa shape index (κ3) is 23.5. The molecule has 7 nitrogen and oxygen atoms in total. The van der Waals surface area contributed by atoms with E-state index >= 15 is 0 Å². The molecule has 24 heavy (non-hydrogen) atoms. The molecule has 2 saturated heterocycles. The van der Waals surface area contributed by atoms with E-state index in [9.17, 15) is 4.79 Å². The van der Waals surface area contributed by atoms with Crippen molar-refractivity contribution in [2.24, 2.45) is 0 Å². The van der Waals surface area contributed by atoms with Gasteiger partial charge in [0.15, 0.2) is 0 Å². The highest BCUT2D eigenvalue weighted by atomic mass is 16.5. The summed E-state index contributed by atoms with van der Waals surface area (Å²) in [4.78, 5) is 12.3. The van der Waals surface area contributed by atoms with Gasteiger partial charge in [0.2, 0.25) is 6.41 Å². The molecule has 0 aromatic rings. The summed E-state index contributed by atoms with van der Waals surface area (Å²) in [5, 5.41) is 25.6. The lowest BCUT2D eigenvalue weighted by Gasteiger charge is -2.25. The van der Waals surface area contributed by atoms with Crippen molar-refractivity contribution in [3.63, 3.8) is 0 Å². The SMILES string of the molecule is CC.CC.CN1CCCC1.CO.CO.O=CNC1COCC(O)C1. The molecule has 0 aromatic carbocycles. The Morgan fingerprint density at radius 1 is 1.00 bits per heavy atom. The van der Waals surface area contributed by atoms with Crippen LogP contribution in [0.5, 0.6) is 0 Å². The van der Waals surface area contributed by atoms with E-state index in [0.717, 1.165) is 14.2 Å². The van der Waals surface area contributed by atoms with Crippen LogP contribution in [0, 0.1) is 0 Å².